The molecule has 1 unspecified atom stereocenters. The number of hydrogen-bond donors (Lipinski definition) is 2. The molecule has 0 spiro atoms. The van der Waals surface area contributed by atoms with Crippen LogP contribution in [0.1, 0.15) is 12.0 Å². The molecule has 1 atom stereocenters. The molecule has 0 aromatic heterocycles. The van der Waals surface area contributed by atoms with Crippen LogP contribution in [0.2, 0.25) is 0 Å². The van der Waals surface area contributed by atoms with Crippen molar-refractivity contribution in [3.05, 3.63) is 35.9 Å². The lowest BCUT2D eigenvalue weighted by Gasteiger charge is -2.26. The highest BCUT2D eigenvalue weighted by Gasteiger charge is 2.21. The Hall–Kier alpha value is -0.940. The van der Waals surface area contributed by atoms with Crippen LogP contribution in [0.5, 0.6) is 0 Å². The molecule has 0 saturated carbocycles. The van der Waals surface area contributed by atoms with E-state index in [1.807, 2.05) is 16.1 Å². The lowest BCUT2D eigenvalue weighted by Crippen LogP contribution is -2.47. The molecule has 0 aliphatic carbocycles. The normalized spacial score (nSPS) is 24.2. The van der Waals surface area contributed by atoms with Gasteiger partial charge in [0.05, 0.1) is 0 Å². The molecule has 2 rings (SSSR count). The van der Waals surface area contributed by atoms with Crippen LogP contribution in [0.3, 0.4) is 0 Å². The van der Waals surface area contributed by atoms with E-state index >= 15 is 0 Å². The van der Waals surface area contributed by atoms with Crippen molar-refractivity contribution in [2.24, 2.45) is 11.7 Å². The topological polar surface area (TPSA) is 58.5 Å². The Morgan fingerprint density at radius 3 is 2.62 bits per heavy atom. The first-order chi connectivity index (χ1) is 7.75. The molecule has 0 bridgehead atoms. The number of nitrogens with two attached hydrogens (primary N) is 2. The molecule has 4 heteroatoms. The van der Waals surface area contributed by atoms with Gasteiger partial charge < -0.3 is 0 Å². The monoisotopic (exact) mass is 220 g/mol. The van der Waals surface area contributed by atoms with Crippen molar-refractivity contribution in [2.75, 3.05) is 19.6 Å². The molecule has 1 aliphatic heterocycles. The van der Waals surface area contributed by atoms with Crippen LogP contribution < -0.4 is 11.7 Å². The molecule has 1 saturated heterocycles. The summed E-state index contributed by atoms with van der Waals surface area (Å²) in [5.74, 6) is 11.9. The van der Waals surface area contributed by atoms with Crippen molar-refractivity contribution in [2.45, 2.75) is 18.9 Å². The Labute approximate surface area is 96.8 Å². The van der Waals surface area contributed by atoms with Crippen LogP contribution in [0.15, 0.2) is 30.3 Å². The largest absolute Gasteiger partial charge is 0.269 e. The van der Waals surface area contributed by atoms with Gasteiger partial charge in [-0.3, -0.25) is 11.7 Å². The van der Waals surface area contributed by atoms with Crippen molar-refractivity contribution < 1.29 is 0 Å². The number of hydrogen-bond acceptors (Lipinski definition) is 4. The van der Waals surface area contributed by atoms with Gasteiger partial charge in [-0.25, -0.2) is 10.0 Å². The highest BCUT2D eigenvalue weighted by atomic mass is 15.5. The van der Waals surface area contributed by atoms with Gasteiger partial charge in [0.25, 0.3) is 0 Å². The van der Waals surface area contributed by atoms with E-state index in [4.69, 9.17) is 11.7 Å². The second-order valence-electron chi connectivity index (χ2n) is 4.43. The van der Waals surface area contributed by atoms with Crippen LogP contribution in [0.25, 0.3) is 0 Å². The zero-order valence-electron chi connectivity index (χ0n) is 9.55. The fraction of sp³-hybridized carbons (Fsp3) is 0.500. The third kappa shape index (κ3) is 3.02. The number of nitrogens with zero attached hydrogens (tertiary/aromatic N) is 2. The standard InChI is InChI=1S/C12H20N4/c13-15-7-4-8-16(14)12(10-15)9-11-5-2-1-3-6-11/h1-3,5-6,12H,4,7-10,13-14H2. The maximum atomic E-state index is 6.04. The SMILES string of the molecule is NN1CCCN(N)C(Cc2ccccc2)C1. The third-order valence-corrected chi connectivity index (χ3v) is 3.09. The van der Waals surface area contributed by atoms with Gasteiger partial charge in [0.15, 0.2) is 0 Å². The zero-order chi connectivity index (χ0) is 11.4. The second kappa shape index (κ2) is 5.41. The summed E-state index contributed by atoms with van der Waals surface area (Å²) in [7, 11) is 0. The first-order valence-electron chi connectivity index (χ1n) is 5.80. The van der Waals surface area contributed by atoms with Crippen molar-refractivity contribution >= 4 is 0 Å². The minimum atomic E-state index is 0.315. The smallest absolute Gasteiger partial charge is 0.0422 e. The van der Waals surface area contributed by atoms with E-state index in [0.717, 1.165) is 32.5 Å². The molecule has 88 valence electrons. The summed E-state index contributed by atoms with van der Waals surface area (Å²) in [4.78, 5) is 0. The maximum Gasteiger partial charge on any atom is 0.0422 e. The van der Waals surface area contributed by atoms with Gasteiger partial charge >= 0.3 is 0 Å². The summed E-state index contributed by atoms with van der Waals surface area (Å²) in [5, 5.41) is 3.81. The van der Waals surface area contributed by atoms with Crippen molar-refractivity contribution in [3.63, 3.8) is 0 Å². The van der Waals surface area contributed by atoms with Crippen molar-refractivity contribution in [1.82, 2.24) is 10.0 Å². The molecule has 4 N–H and O–H groups in total. The van der Waals surface area contributed by atoms with Gasteiger partial charge in [0.2, 0.25) is 0 Å². The summed E-state index contributed by atoms with van der Waals surface area (Å²) in [6.07, 6.45) is 2.00. The molecule has 0 amide bonds. The van der Waals surface area contributed by atoms with Gasteiger partial charge in [-0.15, -0.1) is 0 Å². The van der Waals surface area contributed by atoms with E-state index in [2.05, 4.69) is 24.3 Å². The van der Waals surface area contributed by atoms with E-state index in [9.17, 15) is 0 Å². The molecule has 1 aliphatic rings. The van der Waals surface area contributed by atoms with Gasteiger partial charge in [0.1, 0.15) is 0 Å². The quantitative estimate of drug-likeness (QED) is 0.706. The van der Waals surface area contributed by atoms with E-state index in [1.165, 1.54) is 5.56 Å². The number of benzene rings is 1. The van der Waals surface area contributed by atoms with Crippen LogP contribution in [0, 0.1) is 0 Å². The number of rotatable bonds is 2. The van der Waals surface area contributed by atoms with Gasteiger partial charge in [0, 0.05) is 25.7 Å². The zero-order valence-corrected chi connectivity index (χ0v) is 9.55. The minimum absolute atomic E-state index is 0.315. The van der Waals surface area contributed by atoms with Crippen molar-refractivity contribution in [1.29, 1.82) is 0 Å². The number of hydrazine groups is 2. The summed E-state index contributed by atoms with van der Waals surface area (Å²) in [5.41, 5.74) is 1.32. The predicted octanol–water partition coefficient (Wildman–Crippen LogP) is 0.353. The van der Waals surface area contributed by atoms with Gasteiger partial charge in [-0.2, -0.15) is 0 Å². The fourth-order valence-corrected chi connectivity index (χ4v) is 2.17. The van der Waals surface area contributed by atoms with Crippen LogP contribution in [-0.2, 0) is 6.42 Å². The molecule has 0 radical (unpaired) electrons. The molecule has 1 aromatic carbocycles. The third-order valence-electron chi connectivity index (χ3n) is 3.09. The molecule has 16 heavy (non-hydrogen) atoms. The van der Waals surface area contributed by atoms with Crippen LogP contribution >= 0.6 is 0 Å². The van der Waals surface area contributed by atoms with Crippen LogP contribution in [-0.4, -0.2) is 35.7 Å². The summed E-state index contributed by atoms with van der Waals surface area (Å²) in [6, 6.07) is 10.8. The Bertz CT molecular complexity index is 314. The summed E-state index contributed by atoms with van der Waals surface area (Å²) >= 11 is 0. The second-order valence-corrected chi connectivity index (χ2v) is 4.43. The molecule has 1 fully saturated rings. The molecule has 1 heterocycles. The lowest BCUT2D eigenvalue weighted by molar-refractivity contribution is 0.180. The first kappa shape index (κ1) is 11.5. The molecule has 1 aromatic rings. The molecular formula is C12H20N4. The van der Waals surface area contributed by atoms with Gasteiger partial charge in [-0.05, 0) is 18.4 Å². The first-order valence-corrected chi connectivity index (χ1v) is 5.80. The Morgan fingerprint density at radius 1 is 1.12 bits per heavy atom. The van der Waals surface area contributed by atoms with E-state index in [0.29, 0.717) is 6.04 Å². The Morgan fingerprint density at radius 2 is 1.88 bits per heavy atom. The average molecular weight is 220 g/mol. The lowest BCUT2D eigenvalue weighted by atomic mass is 10.1. The fourth-order valence-electron chi connectivity index (χ4n) is 2.17. The molecule has 4 nitrogen and oxygen atoms in total. The maximum absolute atomic E-state index is 6.04. The summed E-state index contributed by atoms with van der Waals surface area (Å²) < 4.78 is 0. The van der Waals surface area contributed by atoms with E-state index < -0.39 is 0 Å². The molecular weight excluding hydrogens is 200 g/mol. The average Bonchev–Trinajstić information content (AvgIpc) is 2.43. The van der Waals surface area contributed by atoms with E-state index in [-0.39, 0.29) is 0 Å². The summed E-state index contributed by atoms with van der Waals surface area (Å²) in [6.45, 7) is 2.69. The Balaban J connectivity index is 2.01. The highest BCUT2D eigenvalue weighted by molar-refractivity contribution is 5.16. The van der Waals surface area contributed by atoms with E-state index in [1.54, 1.807) is 0 Å². The minimum Gasteiger partial charge on any atom is -0.269 e. The van der Waals surface area contributed by atoms with Gasteiger partial charge in [-0.1, -0.05) is 30.3 Å². The van der Waals surface area contributed by atoms with Crippen molar-refractivity contribution in [3.8, 4) is 0 Å². The highest BCUT2D eigenvalue weighted by Crippen LogP contribution is 2.10. The van der Waals surface area contributed by atoms with Crippen LogP contribution in [0.4, 0.5) is 0 Å². The predicted molar refractivity (Wildman–Crippen MR) is 65.2 cm³/mol. The Kier molecular flexibility index (Phi) is 3.90.